The minimum absolute atomic E-state index is 0. The standard InChI is InChI=1S/C19H36N4O3.HI/c1-14-7-5-6-8-17(14)22-19(20-11-18(24)23(3)4)21-15(2)12-26-16-9-10-25-13-16;/h14-17H,5-13H2,1-4H3,(H2,20,21,22);1H. The van der Waals surface area contributed by atoms with E-state index < -0.39 is 0 Å². The van der Waals surface area contributed by atoms with Gasteiger partial charge in [0.1, 0.15) is 6.54 Å². The minimum atomic E-state index is -0.00481. The summed E-state index contributed by atoms with van der Waals surface area (Å²) >= 11 is 0. The first-order valence-electron chi connectivity index (χ1n) is 9.92. The van der Waals surface area contributed by atoms with Crippen molar-refractivity contribution in [2.75, 3.05) is 40.5 Å². The van der Waals surface area contributed by atoms with E-state index in [1.54, 1.807) is 19.0 Å². The van der Waals surface area contributed by atoms with Gasteiger partial charge in [0.25, 0.3) is 0 Å². The molecule has 1 heterocycles. The molecule has 2 fully saturated rings. The average molecular weight is 496 g/mol. The molecular weight excluding hydrogens is 459 g/mol. The Kier molecular flexibility index (Phi) is 11.6. The van der Waals surface area contributed by atoms with Crippen molar-refractivity contribution < 1.29 is 14.3 Å². The summed E-state index contributed by atoms with van der Waals surface area (Å²) in [6, 6.07) is 0.510. The number of halogens is 1. The fraction of sp³-hybridized carbons (Fsp3) is 0.895. The molecule has 0 spiro atoms. The predicted molar refractivity (Wildman–Crippen MR) is 119 cm³/mol. The van der Waals surface area contributed by atoms with Crippen LogP contribution < -0.4 is 10.6 Å². The molecule has 1 aliphatic heterocycles. The zero-order chi connectivity index (χ0) is 18.9. The van der Waals surface area contributed by atoms with Gasteiger partial charge in [-0.1, -0.05) is 19.8 Å². The van der Waals surface area contributed by atoms with Gasteiger partial charge in [-0.05, 0) is 32.1 Å². The summed E-state index contributed by atoms with van der Waals surface area (Å²) in [4.78, 5) is 18.0. The Balaban J connectivity index is 0.00000364. The molecule has 1 saturated heterocycles. The second kappa shape index (κ2) is 12.8. The van der Waals surface area contributed by atoms with Crippen LogP contribution in [0, 0.1) is 5.92 Å². The maximum Gasteiger partial charge on any atom is 0.243 e. The Morgan fingerprint density at radius 2 is 2.04 bits per heavy atom. The van der Waals surface area contributed by atoms with E-state index in [2.05, 4.69) is 29.5 Å². The van der Waals surface area contributed by atoms with E-state index in [1.807, 2.05) is 0 Å². The number of carbonyl (C=O) groups is 1. The van der Waals surface area contributed by atoms with Gasteiger partial charge < -0.3 is 25.0 Å². The van der Waals surface area contributed by atoms with E-state index in [9.17, 15) is 4.79 Å². The molecule has 0 bridgehead atoms. The topological polar surface area (TPSA) is 75.2 Å². The Morgan fingerprint density at radius 3 is 2.67 bits per heavy atom. The lowest BCUT2D eigenvalue weighted by molar-refractivity contribution is -0.127. The molecule has 0 aromatic heterocycles. The van der Waals surface area contributed by atoms with Crippen LogP contribution in [0.25, 0.3) is 0 Å². The Morgan fingerprint density at radius 1 is 1.30 bits per heavy atom. The molecule has 2 rings (SSSR count). The van der Waals surface area contributed by atoms with Crippen molar-refractivity contribution in [3.63, 3.8) is 0 Å². The van der Waals surface area contributed by atoms with Crippen LogP contribution in [-0.4, -0.2) is 75.4 Å². The van der Waals surface area contributed by atoms with Gasteiger partial charge in [0, 0.05) is 32.8 Å². The number of ether oxygens (including phenoxy) is 2. The van der Waals surface area contributed by atoms with Crippen molar-refractivity contribution in [1.29, 1.82) is 0 Å². The quantitative estimate of drug-likeness (QED) is 0.321. The zero-order valence-electron chi connectivity index (χ0n) is 17.2. The van der Waals surface area contributed by atoms with E-state index in [1.165, 1.54) is 19.3 Å². The Labute approximate surface area is 181 Å². The third kappa shape index (κ3) is 8.95. The Bertz CT molecular complexity index is 470. The third-order valence-corrected chi connectivity index (χ3v) is 5.16. The third-order valence-electron chi connectivity index (χ3n) is 5.16. The summed E-state index contributed by atoms with van der Waals surface area (Å²) in [7, 11) is 3.50. The molecule has 4 atom stereocenters. The number of aliphatic imine (C=N–C) groups is 1. The Hall–Kier alpha value is -0.610. The maximum atomic E-state index is 11.9. The SMILES string of the molecule is CC(COC1CCOC1)NC(=NCC(=O)N(C)C)NC1CCCCC1C.I. The monoisotopic (exact) mass is 496 g/mol. The predicted octanol–water partition coefficient (Wildman–Crippen LogP) is 2.00. The van der Waals surface area contributed by atoms with Gasteiger partial charge in [0.15, 0.2) is 5.96 Å². The van der Waals surface area contributed by atoms with E-state index in [0.29, 0.717) is 31.1 Å². The highest BCUT2D eigenvalue weighted by Gasteiger charge is 2.23. The normalized spacial score (nSPS) is 26.8. The molecule has 1 saturated carbocycles. The number of nitrogens with one attached hydrogen (secondary N) is 2. The van der Waals surface area contributed by atoms with Crippen molar-refractivity contribution in [2.24, 2.45) is 10.9 Å². The van der Waals surface area contributed by atoms with Crippen LogP contribution in [0.15, 0.2) is 4.99 Å². The number of guanidine groups is 1. The number of hydrogen-bond acceptors (Lipinski definition) is 4. The largest absolute Gasteiger partial charge is 0.379 e. The molecule has 4 unspecified atom stereocenters. The summed E-state index contributed by atoms with van der Waals surface area (Å²) in [6.07, 6.45) is 6.08. The second-order valence-electron chi connectivity index (χ2n) is 7.83. The van der Waals surface area contributed by atoms with Crippen LogP contribution in [0.4, 0.5) is 0 Å². The molecule has 8 heteroatoms. The molecule has 0 aromatic carbocycles. The van der Waals surface area contributed by atoms with Crippen LogP contribution in [-0.2, 0) is 14.3 Å². The first-order chi connectivity index (χ1) is 12.5. The molecule has 158 valence electrons. The van der Waals surface area contributed by atoms with Crippen molar-refractivity contribution in [1.82, 2.24) is 15.5 Å². The van der Waals surface area contributed by atoms with E-state index >= 15 is 0 Å². The maximum absolute atomic E-state index is 11.9. The van der Waals surface area contributed by atoms with E-state index in [-0.39, 0.29) is 48.6 Å². The highest BCUT2D eigenvalue weighted by molar-refractivity contribution is 14.0. The van der Waals surface area contributed by atoms with Gasteiger partial charge in [-0.3, -0.25) is 4.79 Å². The molecule has 1 amide bonds. The summed E-state index contributed by atoms with van der Waals surface area (Å²) in [6.45, 7) is 6.57. The molecule has 7 nitrogen and oxygen atoms in total. The van der Waals surface area contributed by atoms with Crippen molar-refractivity contribution in [3.8, 4) is 0 Å². The van der Waals surface area contributed by atoms with Crippen LogP contribution in [0.1, 0.15) is 46.0 Å². The van der Waals surface area contributed by atoms with Gasteiger partial charge in [-0.15, -0.1) is 24.0 Å². The fourth-order valence-corrected chi connectivity index (χ4v) is 3.33. The molecule has 2 N–H and O–H groups in total. The number of likely N-dealkylation sites (N-methyl/N-ethyl adjacent to an activating group) is 1. The number of hydrogen-bond donors (Lipinski definition) is 2. The number of nitrogens with zero attached hydrogens (tertiary/aromatic N) is 2. The lowest BCUT2D eigenvalue weighted by Crippen LogP contribution is -2.51. The summed E-state index contributed by atoms with van der Waals surface area (Å²) in [5.41, 5.74) is 0. The molecule has 1 aliphatic carbocycles. The first kappa shape index (κ1) is 24.4. The average Bonchev–Trinajstić information content (AvgIpc) is 3.13. The second-order valence-corrected chi connectivity index (χ2v) is 7.83. The van der Waals surface area contributed by atoms with Crippen LogP contribution in [0.2, 0.25) is 0 Å². The molecule has 0 radical (unpaired) electrons. The van der Waals surface area contributed by atoms with Crippen LogP contribution in [0.3, 0.4) is 0 Å². The zero-order valence-corrected chi connectivity index (χ0v) is 19.5. The van der Waals surface area contributed by atoms with Gasteiger partial charge in [-0.2, -0.15) is 0 Å². The van der Waals surface area contributed by atoms with Gasteiger partial charge in [-0.25, -0.2) is 4.99 Å². The van der Waals surface area contributed by atoms with Crippen molar-refractivity contribution in [3.05, 3.63) is 0 Å². The fourth-order valence-electron chi connectivity index (χ4n) is 3.33. The minimum Gasteiger partial charge on any atom is -0.379 e. The number of carbonyl (C=O) groups excluding carboxylic acids is 1. The van der Waals surface area contributed by atoms with Gasteiger partial charge >= 0.3 is 0 Å². The van der Waals surface area contributed by atoms with Gasteiger partial charge in [0.05, 0.1) is 19.3 Å². The van der Waals surface area contributed by atoms with E-state index in [4.69, 9.17) is 9.47 Å². The van der Waals surface area contributed by atoms with E-state index in [0.717, 1.165) is 19.4 Å². The van der Waals surface area contributed by atoms with Crippen LogP contribution >= 0.6 is 24.0 Å². The summed E-state index contributed by atoms with van der Waals surface area (Å²) in [5.74, 6) is 1.31. The molecular formula is C19H37IN4O3. The molecule has 27 heavy (non-hydrogen) atoms. The first-order valence-corrected chi connectivity index (χ1v) is 9.92. The lowest BCUT2D eigenvalue weighted by Gasteiger charge is -2.31. The van der Waals surface area contributed by atoms with Crippen molar-refractivity contribution in [2.45, 2.75) is 64.1 Å². The number of amides is 1. The van der Waals surface area contributed by atoms with Crippen LogP contribution in [0.5, 0.6) is 0 Å². The highest BCUT2D eigenvalue weighted by Crippen LogP contribution is 2.23. The van der Waals surface area contributed by atoms with Gasteiger partial charge in [0.2, 0.25) is 5.91 Å². The lowest BCUT2D eigenvalue weighted by atomic mass is 9.86. The number of rotatable bonds is 7. The molecule has 0 aromatic rings. The molecule has 2 aliphatic rings. The smallest absolute Gasteiger partial charge is 0.243 e. The highest BCUT2D eigenvalue weighted by atomic mass is 127. The van der Waals surface area contributed by atoms with Crippen molar-refractivity contribution >= 4 is 35.8 Å². The summed E-state index contributed by atoms with van der Waals surface area (Å²) < 4.78 is 11.2. The summed E-state index contributed by atoms with van der Waals surface area (Å²) in [5, 5.41) is 6.95.